The summed E-state index contributed by atoms with van der Waals surface area (Å²) < 4.78 is 6.57. The number of nitrogens with zero attached hydrogens (tertiary/aromatic N) is 5. The third-order valence-corrected chi connectivity index (χ3v) is 5.21. The van der Waals surface area contributed by atoms with Crippen molar-refractivity contribution in [3.8, 4) is 5.75 Å². The molecule has 0 unspecified atom stereocenters. The monoisotopic (exact) mass is 406 g/mol. The third-order valence-electron chi connectivity index (χ3n) is 3.39. The summed E-state index contributed by atoms with van der Waals surface area (Å²) in [5.41, 5.74) is -0.139. The second kappa shape index (κ2) is 8.60. The van der Waals surface area contributed by atoms with Crippen LogP contribution in [-0.4, -0.2) is 43.9 Å². The first-order valence-electron chi connectivity index (χ1n) is 7.60. The standard InChI is InChI=1S/C15H14N6O4S2/c1-25-10-4-5-12(13(7-10)21(23)24)16-14(22)9-27-15-17-18-19-20(15)8-11-3-2-6-26-11/h2-7H,8-9H2,1H3,(H,16,22). The van der Waals surface area contributed by atoms with Gasteiger partial charge in [-0.05, 0) is 34.0 Å². The zero-order valence-electron chi connectivity index (χ0n) is 14.1. The summed E-state index contributed by atoms with van der Waals surface area (Å²) in [6.45, 7) is 0.512. The summed E-state index contributed by atoms with van der Waals surface area (Å²) in [6.07, 6.45) is 0. The molecule has 3 aromatic rings. The molecule has 0 aliphatic heterocycles. The molecule has 10 nitrogen and oxygen atoms in total. The van der Waals surface area contributed by atoms with Gasteiger partial charge >= 0.3 is 0 Å². The molecule has 0 saturated heterocycles. The van der Waals surface area contributed by atoms with Gasteiger partial charge in [0.15, 0.2) is 0 Å². The number of carbonyl (C=O) groups excluding carboxylic acids is 1. The van der Waals surface area contributed by atoms with Gasteiger partial charge in [-0.2, -0.15) is 0 Å². The number of amides is 1. The summed E-state index contributed by atoms with van der Waals surface area (Å²) in [4.78, 5) is 23.9. The minimum atomic E-state index is -0.577. The molecule has 0 saturated carbocycles. The molecule has 0 radical (unpaired) electrons. The SMILES string of the molecule is COc1ccc(NC(=O)CSc2nnnn2Cc2cccs2)c([N+](=O)[O-])c1. The van der Waals surface area contributed by atoms with Gasteiger partial charge in [-0.3, -0.25) is 14.9 Å². The van der Waals surface area contributed by atoms with Crippen LogP contribution in [-0.2, 0) is 11.3 Å². The predicted molar refractivity (Wildman–Crippen MR) is 100 cm³/mol. The van der Waals surface area contributed by atoms with Crippen LogP contribution in [0.5, 0.6) is 5.75 Å². The molecule has 27 heavy (non-hydrogen) atoms. The number of nitro groups is 1. The number of rotatable bonds is 8. The Bertz CT molecular complexity index is 944. The molecule has 1 N–H and O–H groups in total. The molecule has 3 rings (SSSR count). The first-order valence-corrected chi connectivity index (χ1v) is 9.47. The minimum absolute atomic E-state index is 0.00793. The first kappa shape index (κ1) is 18.8. The number of thiophene rings is 1. The van der Waals surface area contributed by atoms with Crippen LogP contribution in [0.3, 0.4) is 0 Å². The second-order valence-electron chi connectivity index (χ2n) is 5.18. The highest BCUT2D eigenvalue weighted by molar-refractivity contribution is 7.99. The molecular weight excluding hydrogens is 392 g/mol. The van der Waals surface area contributed by atoms with Crippen LogP contribution in [0, 0.1) is 10.1 Å². The van der Waals surface area contributed by atoms with Gasteiger partial charge in [0, 0.05) is 4.88 Å². The normalized spacial score (nSPS) is 10.6. The molecule has 0 aliphatic rings. The van der Waals surface area contributed by atoms with E-state index in [0.717, 1.165) is 16.6 Å². The van der Waals surface area contributed by atoms with E-state index in [0.29, 0.717) is 17.5 Å². The number of hydrogen-bond donors (Lipinski definition) is 1. The van der Waals surface area contributed by atoms with Crippen LogP contribution >= 0.6 is 23.1 Å². The van der Waals surface area contributed by atoms with E-state index in [1.54, 1.807) is 16.0 Å². The van der Waals surface area contributed by atoms with Gasteiger partial charge in [-0.1, -0.05) is 17.8 Å². The van der Waals surface area contributed by atoms with Crippen molar-refractivity contribution in [2.24, 2.45) is 0 Å². The lowest BCUT2D eigenvalue weighted by atomic mass is 10.2. The topological polar surface area (TPSA) is 125 Å². The lowest BCUT2D eigenvalue weighted by molar-refractivity contribution is -0.384. The van der Waals surface area contributed by atoms with E-state index in [2.05, 4.69) is 20.8 Å². The summed E-state index contributed by atoms with van der Waals surface area (Å²) in [5.74, 6) is -0.0608. The molecule has 0 atom stereocenters. The number of ether oxygens (including phenoxy) is 1. The number of carbonyl (C=O) groups is 1. The average Bonchev–Trinajstić information content (AvgIpc) is 3.32. The van der Waals surface area contributed by atoms with Gasteiger partial charge in [0.2, 0.25) is 11.1 Å². The van der Waals surface area contributed by atoms with Crippen molar-refractivity contribution in [3.63, 3.8) is 0 Å². The zero-order valence-corrected chi connectivity index (χ0v) is 15.7. The number of benzene rings is 1. The van der Waals surface area contributed by atoms with Crippen molar-refractivity contribution < 1.29 is 14.5 Å². The molecule has 1 amide bonds. The number of nitrogens with one attached hydrogen (secondary N) is 1. The number of methoxy groups -OCH3 is 1. The molecular formula is C15H14N6O4S2. The number of tetrazole rings is 1. The van der Waals surface area contributed by atoms with E-state index in [9.17, 15) is 14.9 Å². The number of nitro benzene ring substituents is 1. The Morgan fingerprint density at radius 2 is 2.30 bits per heavy atom. The zero-order chi connectivity index (χ0) is 19.2. The maximum atomic E-state index is 12.2. The summed E-state index contributed by atoms with van der Waals surface area (Å²) in [7, 11) is 1.41. The maximum absolute atomic E-state index is 12.2. The minimum Gasteiger partial charge on any atom is -0.496 e. The number of aromatic nitrogens is 4. The van der Waals surface area contributed by atoms with Crippen LogP contribution in [0.2, 0.25) is 0 Å². The van der Waals surface area contributed by atoms with Gasteiger partial charge in [0.25, 0.3) is 5.69 Å². The van der Waals surface area contributed by atoms with Crippen LogP contribution in [0.4, 0.5) is 11.4 Å². The highest BCUT2D eigenvalue weighted by Crippen LogP contribution is 2.29. The fourth-order valence-corrected chi connectivity index (χ4v) is 3.52. The van der Waals surface area contributed by atoms with Gasteiger partial charge in [-0.15, -0.1) is 16.4 Å². The average molecular weight is 406 g/mol. The predicted octanol–water partition coefficient (Wildman–Crippen LogP) is 2.43. The molecule has 0 spiro atoms. The van der Waals surface area contributed by atoms with Crippen LogP contribution < -0.4 is 10.1 Å². The summed E-state index contributed by atoms with van der Waals surface area (Å²) in [6, 6.07) is 8.13. The van der Waals surface area contributed by atoms with Gasteiger partial charge in [-0.25, -0.2) is 4.68 Å². The fraction of sp³-hybridized carbons (Fsp3) is 0.200. The van der Waals surface area contributed by atoms with Crippen LogP contribution in [0.15, 0.2) is 40.9 Å². The largest absolute Gasteiger partial charge is 0.496 e. The maximum Gasteiger partial charge on any atom is 0.296 e. The van der Waals surface area contributed by atoms with E-state index in [4.69, 9.17) is 4.74 Å². The molecule has 2 heterocycles. The highest BCUT2D eigenvalue weighted by atomic mass is 32.2. The lowest BCUT2D eigenvalue weighted by Gasteiger charge is -2.07. The van der Waals surface area contributed by atoms with Crippen molar-refractivity contribution in [2.45, 2.75) is 11.7 Å². The smallest absolute Gasteiger partial charge is 0.296 e. The van der Waals surface area contributed by atoms with Gasteiger partial charge < -0.3 is 10.1 Å². The van der Waals surface area contributed by atoms with Crippen molar-refractivity contribution in [3.05, 3.63) is 50.7 Å². The summed E-state index contributed by atoms with van der Waals surface area (Å²) >= 11 is 2.73. The van der Waals surface area contributed by atoms with Gasteiger partial charge in [0.05, 0.1) is 30.4 Å². The van der Waals surface area contributed by atoms with Crippen molar-refractivity contribution in [2.75, 3.05) is 18.2 Å². The quantitative estimate of drug-likeness (QED) is 0.343. The number of anilines is 1. The second-order valence-corrected chi connectivity index (χ2v) is 7.15. The van der Waals surface area contributed by atoms with E-state index in [-0.39, 0.29) is 17.1 Å². The Hall–Kier alpha value is -2.99. The Labute approximate surface area is 161 Å². The van der Waals surface area contributed by atoms with Crippen LogP contribution in [0.1, 0.15) is 4.88 Å². The molecule has 1 aromatic carbocycles. The first-order chi connectivity index (χ1) is 13.1. The van der Waals surface area contributed by atoms with E-state index in [1.807, 2.05) is 17.5 Å². The van der Waals surface area contributed by atoms with E-state index < -0.39 is 10.8 Å². The van der Waals surface area contributed by atoms with Gasteiger partial charge in [0.1, 0.15) is 11.4 Å². The molecule has 2 aromatic heterocycles. The Kier molecular flexibility index (Phi) is 5.98. The van der Waals surface area contributed by atoms with Crippen molar-refractivity contribution in [1.82, 2.24) is 20.2 Å². The molecule has 12 heteroatoms. The van der Waals surface area contributed by atoms with Crippen LogP contribution in [0.25, 0.3) is 0 Å². The molecule has 0 aliphatic carbocycles. The molecule has 0 bridgehead atoms. The Balaban J connectivity index is 1.63. The summed E-state index contributed by atoms with van der Waals surface area (Å²) in [5, 5.41) is 27.6. The van der Waals surface area contributed by atoms with Crippen molar-refractivity contribution >= 4 is 40.4 Å². The number of thioether (sulfide) groups is 1. The Morgan fingerprint density at radius 1 is 1.44 bits per heavy atom. The third kappa shape index (κ3) is 4.80. The highest BCUT2D eigenvalue weighted by Gasteiger charge is 2.18. The van der Waals surface area contributed by atoms with Crippen molar-refractivity contribution in [1.29, 1.82) is 0 Å². The fourth-order valence-electron chi connectivity index (χ4n) is 2.16. The van der Waals surface area contributed by atoms with E-state index >= 15 is 0 Å². The molecule has 140 valence electrons. The molecule has 0 fully saturated rings. The Morgan fingerprint density at radius 3 is 3.00 bits per heavy atom. The van der Waals surface area contributed by atoms with E-state index in [1.165, 1.54) is 25.3 Å². The number of hydrogen-bond acceptors (Lipinski definition) is 9. The lowest BCUT2D eigenvalue weighted by Crippen LogP contribution is -2.16.